The van der Waals surface area contributed by atoms with Crippen LogP contribution in [0, 0.1) is 5.92 Å². The number of anilines is 1. The highest BCUT2D eigenvalue weighted by Gasteiger charge is 2.12. The summed E-state index contributed by atoms with van der Waals surface area (Å²) in [7, 11) is 0. The van der Waals surface area contributed by atoms with E-state index >= 15 is 0 Å². The third kappa shape index (κ3) is 3.46. The van der Waals surface area contributed by atoms with Crippen molar-refractivity contribution in [3.8, 4) is 0 Å². The van der Waals surface area contributed by atoms with Crippen molar-refractivity contribution in [3.05, 3.63) is 21.6 Å². The Hall–Kier alpha value is -1.03. The lowest BCUT2D eigenvalue weighted by atomic mass is 10.1. The molecule has 0 aromatic carbocycles. The van der Waals surface area contributed by atoms with Gasteiger partial charge in [0.15, 0.2) is 0 Å². The maximum Gasteiger partial charge on any atom is 0.287 e. The second-order valence-corrected chi connectivity index (χ2v) is 4.96. The van der Waals surface area contributed by atoms with Crippen molar-refractivity contribution in [1.29, 1.82) is 0 Å². The van der Waals surface area contributed by atoms with Gasteiger partial charge in [0.05, 0.1) is 11.9 Å². The zero-order valence-corrected chi connectivity index (χ0v) is 11.6. The molecule has 0 aliphatic rings. The predicted molar refractivity (Wildman–Crippen MR) is 71.7 cm³/mol. The summed E-state index contributed by atoms with van der Waals surface area (Å²) >= 11 is 6.05. The van der Waals surface area contributed by atoms with E-state index in [-0.39, 0.29) is 16.6 Å². The van der Waals surface area contributed by atoms with Gasteiger partial charge in [0, 0.05) is 12.6 Å². The van der Waals surface area contributed by atoms with Crippen molar-refractivity contribution in [3.63, 3.8) is 0 Å². The van der Waals surface area contributed by atoms with Crippen molar-refractivity contribution in [2.75, 3.05) is 5.32 Å². The zero-order valence-electron chi connectivity index (χ0n) is 10.8. The Morgan fingerprint density at radius 2 is 2.12 bits per heavy atom. The van der Waals surface area contributed by atoms with Gasteiger partial charge in [-0.25, -0.2) is 4.68 Å². The van der Waals surface area contributed by atoms with Crippen molar-refractivity contribution in [2.24, 2.45) is 5.92 Å². The average molecular weight is 258 g/mol. The van der Waals surface area contributed by atoms with Crippen molar-refractivity contribution in [1.82, 2.24) is 9.78 Å². The van der Waals surface area contributed by atoms with Crippen molar-refractivity contribution in [2.45, 2.75) is 46.7 Å². The Kier molecular flexibility index (Phi) is 5.00. The molecule has 1 N–H and O–H groups in total. The van der Waals surface area contributed by atoms with Gasteiger partial charge in [0.2, 0.25) is 0 Å². The maximum atomic E-state index is 11.9. The fourth-order valence-corrected chi connectivity index (χ4v) is 1.55. The topological polar surface area (TPSA) is 46.9 Å². The molecule has 0 aliphatic heterocycles. The van der Waals surface area contributed by atoms with Crippen LogP contribution in [0.4, 0.5) is 5.69 Å². The summed E-state index contributed by atoms with van der Waals surface area (Å²) in [6.45, 7) is 8.86. The molecule has 1 aromatic heterocycles. The average Bonchev–Trinajstić information content (AvgIpc) is 2.28. The second kappa shape index (κ2) is 6.05. The monoisotopic (exact) mass is 257 g/mol. The Morgan fingerprint density at radius 3 is 2.65 bits per heavy atom. The van der Waals surface area contributed by atoms with Gasteiger partial charge in [-0.05, 0) is 19.3 Å². The van der Waals surface area contributed by atoms with E-state index in [1.165, 1.54) is 4.68 Å². The highest BCUT2D eigenvalue weighted by atomic mass is 35.5. The fourth-order valence-electron chi connectivity index (χ4n) is 1.35. The first-order chi connectivity index (χ1) is 7.97. The molecule has 96 valence electrons. The van der Waals surface area contributed by atoms with E-state index in [0.717, 1.165) is 6.42 Å². The van der Waals surface area contributed by atoms with Crippen LogP contribution >= 0.6 is 11.6 Å². The van der Waals surface area contributed by atoms with Crippen LogP contribution < -0.4 is 10.9 Å². The lowest BCUT2D eigenvalue weighted by Gasteiger charge is -2.19. The van der Waals surface area contributed by atoms with Crippen LogP contribution in [0.15, 0.2) is 11.0 Å². The second-order valence-electron chi connectivity index (χ2n) is 4.58. The van der Waals surface area contributed by atoms with E-state index in [1.54, 1.807) is 6.20 Å². The molecule has 1 heterocycles. The summed E-state index contributed by atoms with van der Waals surface area (Å²) in [4.78, 5) is 11.9. The molecule has 0 saturated heterocycles. The van der Waals surface area contributed by atoms with Crippen molar-refractivity contribution < 1.29 is 0 Å². The van der Waals surface area contributed by atoms with E-state index in [1.807, 2.05) is 6.92 Å². The van der Waals surface area contributed by atoms with Crippen LogP contribution in [0.25, 0.3) is 0 Å². The van der Waals surface area contributed by atoms with Crippen LogP contribution in [-0.2, 0) is 6.54 Å². The van der Waals surface area contributed by atoms with Gasteiger partial charge in [0.25, 0.3) is 5.56 Å². The molecule has 4 nitrogen and oxygen atoms in total. The van der Waals surface area contributed by atoms with Crippen LogP contribution in [0.2, 0.25) is 5.02 Å². The summed E-state index contributed by atoms with van der Waals surface area (Å²) in [6, 6.07) is 0.246. The number of rotatable bonds is 5. The number of aromatic nitrogens is 2. The first-order valence-corrected chi connectivity index (χ1v) is 6.37. The molecule has 1 atom stereocenters. The molecular formula is C12H20ClN3O. The zero-order chi connectivity index (χ0) is 13.0. The van der Waals surface area contributed by atoms with E-state index in [9.17, 15) is 4.79 Å². The number of hydrogen-bond donors (Lipinski definition) is 1. The third-order valence-corrected chi connectivity index (χ3v) is 3.17. The van der Waals surface area contributed by atoms with Crippen LogP contribution in [-0.4, -0.2) is 15.8 Å². The van der Waals surface area contributed by atoms with Gasteiger partial charge in [-0.3, -0.25) is 4.79 Å². The van der Waals surface area contributed by atoms with Gasteiger partial charge in [-0.15, -0.1) is 0 Å². The smallest absolute Gasteiger partial charge is 0.287 e. The SMILES string of the molecule is CCCn1ncc(NC(C)C(C)C)c(Cl)c1=O. The van der Waals surface area contributed by atoms with Crippen LogP contribution in [0.3, 0.4) is 0 Å². The lowest BCUT2D eigenvalue weighted by Crippen LogP contribution is -2.27. The number of nitrogens with zero attached hydrogens (tertiary/aromatic N) is 2. The molecule has 0 bridgehead atoms. The Labute approximate surface area is 107 Å². The normalized spacial score (nSPS) is 12.8. The van der Waals surface area contributed by atoms with E-state index in [0.29, 0.717) is 18.2 Å². The van der Waals surface area contributed by atoms with Crippen LogP contribution in [0.1, 0.15) is 34.1 Å². The standard InChI is InChI=1S/C12H20ClN3O/c1-5-6-16-12(17)11(13)10(7-14-16)15-9(4)8(2)3/h7-9,15H,5-6H2,1-4H3. The number of nitrogens with one attached hydrogen (secondary N) is 1. The molecule has 0 radical (unpaired) electrons. The third-order valence-electron chi connectivity index (χ3n) is 2.80. The minimum Gasteiger partial charge on any atom is -0.380 e. The maximum absolute atomic E-state index is 11.9. The number of aryl methyl sites for hydroxylation is 1. The molecule has 1 aromatic rings. The predicted octanol–water partition coefficient (Wildman–Crippen LogP) is 2.76. The highest BCUT2D eigenvalue weighted by Crippen LogP contribution is 2.18. The summed E-state index contributed by atoms with van der Waals surface area (Å²) in [6.07, 6.45) is 2.48. The van der Waals surface area contributed by atoms with Gasteiger partial charge in [-0.1, -0.05) is 32.4 Å². The molecule has 1 unspecified atom stereocenters. The molecule has 0 aliphatic carbocycles. The Bertz CT molecular complexity index is 428. The quantitative estimate of drug-likeness (QED) is 0.882. The molecule has 17 heavy (non-hydrogen) atoms. The first-order valence-electron chi connectivity index (χ1n) is 5.99. The molecule has 0 saturated carbocycles. The molecular weight excluding hydrogens is 238 g/mol. The molecule has 0 spiro atoms. The van der Waals surface area contributed by atoms with Gasteiger partial charge in [0.1, 0.15) is 5.02 Å². The number of hydrogen-bond acceptors (Lipinski definition) is 3. The van der Waals surface area contributed by atoms with E-state index in [4.69, 9.17) is 11.6 Å². The van der Waals surface area contributed by atoms with E-state index < -0.39 is 0 Å². The summed E-state index contributed by atoms with van der Waals surface area (Å²) in [5, 5.41) is 7.53. The lowest BCUT2D eigenvalue weighted by molar-refractivity contribution is 0.552. The largest absolute Gasteiger partial charge is 0.380 e. The fraction of sp³-hybridized carbons (Fsp3) is 0.667. The molecule has 5 heteroatoms. The summed E-state index contributed by atoms with van der Waals surface area (Å²) in [5.41, 5.74) is 0.389. The summed E-state index contributed by atoms with van der Waals surface area (Å²) < 4.78 is 1.40. The minimum atomic E-state index is -0.227. The van der Waals surface area contributed by atoms with Gasteiger partial charge in [-0.2, -0.15) is 5.10 Å². The molecule has 0 amide bonds. The molecule has 1 rings (SSSR count). The van der Waals surface area contributed by atoms with E-state index in [2.05, 4.69) is 31.2 Å². The molecule has 0 fully saturated rings. The summed E-state index contributed by atoms with van der Waals surface area (Å²) in [5.74, 6) is 0.462. The number of halogens is 1. The van der Waals surface area contributed by atoms with Crippen LogP contribution in [0.5, 0.6) is 0 Å². The Balaban J connectivity index is 2.96. The van der Waals surface area contributed by atoms with Crippen molar-refractivity contribution >= 4 is 17.3 Å². The highest BCUT2D eigenvalue weighted by molar-refractivity contribution is 6.32. The van der Waals surface area contributed by atoms with Gasteiger partial charge >= 0.3 is 0 Å². The Morgan fingerprint density at radius 1 is 1.47 bits per heavy atom. The van der Waals surface area contributed by atoms with Gasteiger partial charge < -0.3 is 5.32 Å². The first kappa shape index (κ1) is 14.0. The minimum absolute atomic E-state index is 0.223.